The largest absolute Gasteiger partial charge is 0.352 e. The molecule has 114 valence electrons. The molecule has 1 atom stereocenters. The average molecular weight is 301 g/mol. The molecule has 2 aliphatic carbocycles. The van der Waals surface area contributed by atoms with E-state index in [-0.39, 0.29) is 0 Å². The summed E-state index contributed by atoms with van der Waals surface area (Å²) in [5, 5.41) is 5.11. The van der Waals surface area contributed by atoms with E-state index in [2.05, 4.69) is 60.9 Å². The Labute approximate surface area is 136 Å². The fourth-order valence-electron chi connectivity index (χ4n) is 4.11. The van der Waals surface area contributed by atoms with Crippen LogP contribution in [-0.2, 0) is 5.54 Å². The Morgan fingerprint density at radius 2 is 1.78 bits per heavy atom. The van der Waals surface area contributed by atoms with Crippen molar-refractivity contribution >= 4 is 0 Å². The van der Waals surface area contributed by atoms with Crippen LogP contribution >= 0.6 is 0 Å². The standard InChI is InChI=1S/C20H19N3/c1-12-20(22-13(2)23(12)21)18-6-4-3-5-16(18)17-10-9-15(11-19(17)20)14-7-8-14/h3-6,9-11,14,22H,1-2,7-8,21H2. The Hall–Kier alpha value is -2.52. The first-order valence-electron chi connectivity index (χ1n) is 8.08. The van der Waals surface area contributed by atoms with Crippen molar-refractivity contribution in [2.45, 2.75) is 24.3 Å². The van der Waals surface area contributed by atoms with E-state index in [1.165, 1.54) is 40.7 Å². The third-order valence-corrected chi connectivity index (χ3v) is 5.46. The predicted molar refractivity (Wildman–Crippen MR) is 92.1 cm³/mol. The maximum atomic E-state index is 6.17. The van der Waals surface area contributed by atoms with Crippen LogP contribution in [0.5, 0.6) is 0 Å². The lowest BCUT2D eigenvalue weighted by molar-refractivity contribution is 0.468. The summed E-state index contributed by atoms with van der Waals surface area (Å²) in [6.07, 6.45) is 2.59. The van der Waals surface area contributed by atoms with Gasteiger partial charge in [0.2, 0.25) is 0 Å². The summed E-state index contributed by atoms with van der Waals surface area (Å²) < 4.78 is 0. The van der Waals surface area contributed by atoms with E-state index >= 15 is 0 Å². The number of fused-ring (bicyclic) bond motifs is 5. The second-order valence-corrected chi connectivity index (χ2v) is 6.76. The highest BCUT2D eigenvalue weighted by Crippen LogP contribution is 2.55. The van der Waals surface area contributed by atoms with E-state index in [4.69, 9.17) is 5.84 Å². The van der Waals surface area contributed by atoms with Crippen molar-refractivity contribution in [3.63, 3.8) is 0 Å². The summed E-state index contributed by atoms with van der Waals surface area (Å²) in [5.41, 5.74) is 6.75. The number of hydrogen-bond acceptors (Lipinski definition) is 3. The summed E-state index contributed by atoms with van der Waals surface area (Å²) in [6.45, 7) is 8.34. The van der Waals surface area contributed by atoms with E-state index in [9.17, 15) is 0 Å². The molecule has 2 aromatic carbocycles. The number of benzene rings is 2. The molecule has 1 saturated heterocycles. The normalized spacial score (nSPS) is 24.8. The minimum Gasteiger partial charge on any atom is -0.352 e. The van der Waals surface area contributed by atoms with Gasteiger partial charge < -0.3 is 5.32 Å². The maximum Gasteiger partial charge on any atom is 0.132 e. The molecule has 3 heteroatoms. The minimum atomic E-state index is -0.483. The van der Waals surface area contributed by atoms with E-state index in [0.29, 0.717) is 11.7 Å². The molecular formula is C20H19N3. The molecule has 23 heavy (non-hydrogen) atoms. The highest BCUT2D eigenvalue weighted by atomic mass is 15.5. The number of rotatable bonds is 1. The first-order valence-corrected chi connectivity index (χ1v) is 8.08. The van der Waals surface area contributed by atoms with E-state index in [1.54, 1.807) is 5.01 Å². The fraction of sp³-hybridized carbons (Fsp3) is 0.200. The third-order valence-electron chi connectivity index (χ3n) is 5.46. The maximum absolute atomic E-state index is 6.17. The van der Waals surface area contributed by atoms with Crippen molar-refractivity contribution in [3.05, 3.63) is 83.8 Å². The highest BCUT2D eigenvalue weighted by Gasteiger charge is 2.51. The van der Waals surface area contributed by atoms with Crippen LogP contribution in [0.15, 0.2) is 67.1 Å². The van der Waals surface area contributed by atoms with Gasteiger partial charge in [-0.1, -0.05) is 55.6 Å². The zero-order chi connectivity index (χ0) is 15.8. The van der Waals surface area contributed by atoms with Gasteiger partial charge in [0.15, 0.2) is 0 Å². The van der Waals surface area contributed by atoms with Crippen molar-refractivity contribution in [1.82, 2.24) is 10.3 Å². The molecule has 3 nitrogen and oxygen atoms in total. The molecular weight excluding hydrogens is 282 g/mol. The monoisotopic (exact) mass is 301 g/mol. The second-order valence-electron chi connectivity index (χ2n) is 6.76. The second kappa shape index (κ2) is 4.06. The van der Waals surface area contributed by atoms with Gasteiger partial charge in [-0.05, 0) is 46.6 Å². The molecule has 0 radical (unpaired) electrons. The van der Waals surface area contributed by atoms with Crippen LogP contribution in [0.4, 0.5) is 0 Å². The molecule has 1 heterocycles. The van der Waals surface area contributed by atoms with Gasteiger partial charge in [-0.15, -0.1) is 0 Å². The molecule has 2 aromatic rings. The van der Waals surface area contributed by atoms with Crippen molar-refractivity contribution in [2.75, 3.05) is 0 Å². The lowest BCUT2D eigenvalue weighted by Gasteiger charge is -2.28. The molecule has 1 aliphatic heterocycles. The summed E-state index contributed by atoms with van der Waals surface area (Å²) in [5.74, 6) is 7.58. The summed E-state index contributed by atoms with van der Waals surface area (Å²) in [4.78, 5) is 0. The molecule has 0 bridgehead atoms. The summed E-state index contributed by atoms with van der Waals surface area (Å²) >= 11 is 0. The van der Waals surface area contributed by atoms with E-state index < -0.39 is 5.54 Å². The van der Waals surface area contributed by atoms with Gasteiger partial charge in [0.25, 0.3) is 0 Å². The molecule has 2 fully saturated rings. The van der Waals surface area contributed by atoms with Crippen molar-refractivity contribution in [3.8, 4) is 11.1 Å². The van der Waals surface area contributed by atoms with Crippen molar-refractivity contribution in [1.29, 1.82) is 0 Å². The summed E-state index contributed by atoms with van der Waals surface area (Å²) in [7, 11) is 0. The van der Waals surface area contributed by atoms with Gasteiger partial charge in [0.05, 0.1) is 5.70 Å². The Morgan fingerprint density at radius 3 is 2.48 bits per heavy atom. The van der Waals surface area contributed by atoms with Gasteiger partial charge in [0, 0.05) is 0 Å². The highest BCUT2D eigenvalue weighted by molar-refractivity contribution is 5.83. The van der Waals surface area contributed by atoms with Crippen LogP contribution in [0.2, 0.25) is 0 Å². The smallest absolute Gasteiger partial charge is 0.132 e. The van der Waals surface area contributed by atoms with Crippen LogP contribution in [-0.4, -0.2) is 5.01 Å². The molecule has 5 rings (SSSR count). The van der Waals surface area contributed by atoms with Crippen molar-refractivity contribution in [2.24, 2.45) is 5.84 Å². The Morgan fingerprint density at radius 1 is 1.04 bits per heavy atom. The number of hydrazine groups is 1. The van der Waals surface area contributed by atoms with Crippen molar-refractivity contribution < 1.29 is 0 Å². The van der Waals surface area contributed by atoms with Crippen LogP contribution in [0.25, 0.3) is 11.1 Å². The van der Waals surface area contributed by atoms with Crippen LogP contribution in [0.3, 0.4) is 0 Å². The van der Waals surface area contributed by atoms with Gasteiger partial charge in [-0.2, -0.15) is 0 Å². The van der Waals surface area contributed by atoms with Crippen LogP contribution in [0, 0.1) is 0 Å². The zero-order valence-electron chi connectivity index (χ0n) is 13.0. The van der Waals surface area contributed by atoms with Crippen LogP contribution < -0.4 is 11.2 Å². The number of nitrogens with two attached hydrogens (primary N) is 1. The number of hydrogen-bond donors (Lipinski definition) is 2. The molecule has 1 unspecified atom stereocenters. The Bertz CT molecular complexity index is 878. The predicted octanol–water partition coefficient (Wildman–Crippen LogP) is 3.55. The lowest BCUT2D eigenvalue weighted by atomic mass is 9.85. The van der Waals surface area contributed by atoms with Gasteiger partial charge in [-0.25, -0.2) is 5.84 Å². The molecule has 0 aromatic heterocycles. The zero-order valence-corrected chi connectivity index (χ0v) is 13.0. The van der Waals surface area contributed by atoms with Gasteiger partial charge in [0.1, 0.15) is 11.4 Å². The SMILES string of the molecule is C=C1NC2(C(=C)N1N)c1ccccc1-c1ccc(C3CC3)cc12. The first-order chi connectivity index (χ1) is 11.1. The first kappa shape index (κ1) is 13.0. The molecule has 1 saturated carbocycles. The molecule has 3 aliphatic rings. The summed E-state index contributed by atoms with van der Waals surface area (Å²) in [6, 6.07) is 15.4. The molecule has 3 N–H and O–H groups in total. The number of nitrogens with zero attached hydrogens (tertiary/aromatic N) is 1. The average Bonchev–Trinajstić information content (AvgIpc) is 3.35. The Balaban J connectivity index is 1.83. The Kier molecular flexibility index (Phi) is 2.29. The molecule has 1 spiro atoms. The minimum absolute atomic E-state index is 0.483. The third kappa shape index (κ3) is 1.48. The fourth-order valence-corrected chi connectivity index (χ4v) is 4.11. The molecule has 0 amide bonds. The number of nitrogens with one attached hydrogen (secondary N) is 1. The van der Waals surface area contributed by atoms with Crippen LogP contribution in [0.1, 0.15) is 35.4 Å². The van der Waals surface area contributed by atoms with Gasteiger partial charge >= 0.3 is 0 Å². The van der Waals surface area contributed by atoms with E-state index in [1.807, 2.05) is 0 Å². The topological polar surface area (TPSA) is 41.3 Å². The quantitative estimate of drug-likeness (QED) is 0.791. The lowest BCUT2D eigenvalue weighted by Crippen LogP contribution is -2.37. The van der Waals surface area contributed by atoms with Gasteiger partial charge in [-0.3, -0.25) is 5.01 Å². The van der Waals surface area contributed by atoms with E-state index in [0.717, 1.165) is 5.70 Å².